The minimum absolute atomic E-state index is 0.0281. The molecule has 88 valence electrons. The second kappa shape index (κ2) is 6.27. The van der Waals surface area contributed by atoms with Crippen molar-refractivity contribution in [2.24, 2.45) is 0 Å². The van der Waals surface area contributed by atoms with E-state index in [9.17, 15) is 9.90 Å². The van der Waals surface area contributed by atoms with Crippen LogP contribution in [0.3, 0.4) is 0 Å². The Morgan fingerprint density at radius 2 is 2.12 bits per heavy atom. The zero-order valence-electron chi connectivity index (χ0n) is 8.81. The summed E-state index contributed by atoms with van der Waals surface area (Å²) in [6, 6.07) is 4.42. The third-order valence-corrected chi connectivity index (χ3v) is 2.35. The van der Waals surface area contributed by atoms with Gasteiger partial charge in [-0.2, -0.15) is 12.6 Å². The van der Waals surface area contributed by atoms with Gasteiger partial charge in [-0.1, -0.05) is 6.07 Å². The van der Waals surface area contributed by atoms with Gasteiger partial charge in [0.05, 0.1) is 0 Å². The van der Waals surface area contributed by atoms with Gasteiger partial charge in [0.25, 0.3) is 0 Å². The maximum atomic E-state index is 11.1. The molecule has 4 nitrogen and oxygen atoms in total. The number of nitrogens with one attached hydrogen (secondary N) is 1. The lowest BCUT2D eigenvalue weighted by atomic mass is 10.1. The number of benzene rings is 1. The molecule has 0 bridgehead atoms. The summed E-state index contributed by atoms with van der Waals surface area (Å²) in [7, 11) is 0. The molecule has 3 N–H and O–H groups in total. The Hall–Kier alpha value is -1.36. The molecule has 0 heterocycles. The number of rotatable bonds is 5. The van der Waals surface area contributed by atoms with Crippen molar-refractivity contribution < 1.29 is 15.0 Å². The maximum Gasteiger partial charge on any atom is 0.220 e. The second-order valence-electron chi connectivity index (χ2n) is 3.39. The number of carbonyl (C=O) groups excluding carboxylic acids is 1. The van der Waals surface area contributed by atoms with Crippen LogP contribution in [0.4, 0.5) is 0 Å². The lowest BCUT2D eigenvalue weighted by molar-refractivity contribution is -0.120. The molecule has 1 aromatic rings. The number of phenolic OH excluding ortho intramolecular Hbond substituents is 2. The molecular weight excluding hydrogens is 226 g/mol. The van der Waals surface area contributed by atoms with Crippen molar-refractivity contribution in [2.75, 3.05) is 12.3 Å². The molecule has 0 aromatic heterocycles. The van der Waals surface area contributed by atoms with Gasteiger partial charge in [0.2, 0.25) is 5.91 Å². The van der Waals surface area contributed by atoms with Gasteiger partial charge in [-0.05, 0) is 23.8 Å². The standard InChI is InChI=1S/C11H15NO3S/c13-9-2-1-8(10(14)7-9)3-5-12-11(15)4-6-16/h1-2,7,13-14,16H,3-6H2,(H,12,15). The summed E-state index contributed by atoms with van der Waals surface area (Å²) in [5, 5.41) is 21.3. The highest BCUT2D eigenvalue weighted by Crippen LogP contribution is 2.22. The van der Waals surface area contributed by atoms with Gasteiger partial charge >= 0.3 is 0 Å². The summed E-state index contributed by atoms with van der Waals surface area (Å²) in [5.74, 6) is 0.549. The van der Waals surface area contributed by atoms with E-state index < -0.39 is 0 Å². The highest BCUT2D eigenvalue weighted by molar-refractivity contribution is 7.80. The monoisotopic (exact) mass is 241 g/mol. The van der Waals surface area contributed by atoms with Crippen LogP contribution in [0.2, 0.25) is 0 Å². The third-order valence-electron chi connectivity index (χ3n) is 2.12. The average molecular weight is 241 g/mol. The van der Waals surface area contributed by atoms with Crippen molar-refractivity contribution in [1.82, 2.24) is 5.32 Å². The Morgan fingerprint density at radius 1 is 1.38 bits per heavy atom. The molecule has 5 heteroatoms. The van der Waals surface area contributed by atoms with Crippen LogP contribution in [-0.4, -0.2) is 28.4 Å². The van der Waals surface area contributed by atoms with Gasteiger partial charge in [-0.25, -0.2) is 0 Å². The SMILES string of the molecule is O=C(CCS)NCCc1ccc(O)cc1O. The first-order chi connectivity index (χ1) is 7.63. The van der Waals surface area contributed by atoms with Gasteiger partial charge in [0, 0.05) is 19.0 Å². The first kappa shape index (κ1) is 12.7. The van der Waals surface area contributed by atoms with Crippen molar-refractivity contribution in [3.05, 3.63) is 23.8 Å². The van der Waals surface area contributed by atoms with Gasteiger partial charge in [0.1, 0.15) is 11.5 Å². The predicted octanol–water partition coefficient (Wildman–Crippen LogP) is 1.08. The van der Waals surface area contributed by atoms with Crippen LogP contribution < -0.4 is 5.32 Å². The summed E-state index contributed by atoms with van der Waals surface area (Å²) in [6.45, 7) is 0.463. The van der Waals surface area contributed by atoms with E-state index in [2.05, 4.69) is 17.9 Å². The van der Waals surface area contributed by atoms with Crippen LogP contribution in [0.15, 0.2) is 18.2 Å². The zero-order chi connectivity index (χ0) is 12.0. The van der Waals surface area contributed by atoms with E-state index in [0.29, 0.717) is 30.7 Å². The number of hydrogen-bond acceptors (Lipinski definition) is 4. The average Bonchev–Trinajstić information content (AvgIpc) is 2.22. The highest BCUT2D eigenvalue weighted by Gasteiger charge is 2.03. The van der Waals surface area contributed by atoms with Crippen LogP contribution >= 0.6 is 12.6 Å². The van der Waals surface area contributed by atoms with Crippen molar-refractivity contribution in [1.29, 1.82) is 0 Å². The van der Waals surface area contributed by atoms with Crippen molar-refractivity contribution in [3.8, 4) is 11.5 Å². The van der Waals surface area contributed by atoms with Crippen LogP contribution in [-0.2, 0) is 11.2 Å². The van der Waals surface area contributed by atoms with Crippen LogP contribution in [0.5, 0.6) is 11.5 Å². The van der Waals surface area contributed by atoms with E-state index in [0.717, 1.165) is 0 Å². The summed E-state index contributed by atoms with van der Waals surface area (Å²) >= 11 is 3.95. The minimum atomic E-state index is -0.0479. The number of amides is 1. The molecule has 1 aromatic carbocycles. The number of thiol groups is 1. The molecule has 16 heavy (non-hydrogen) atoms. The van der Waals surface area contributed by atoms with Crippen molar-refractivity contribution >= 4 is 18.5 Å². The Labute approximate surface area is 99.7 Å². The fourth-order valence-electron chi connectivity index (χ4n) is 1.29. The Bertz CT molecular complexity index is 368. The molecular formula is C11H15NO3S. The molecule has 0 atom stereocenters. The number of phenols is 2. The third kappa shape index (κ3) is 4.02. The quantitative estimate of drug-likeness (QED) is 0.583. The number of aromatic hydroxyl groups is 2. The van der Waals surface area contributed by atoms with Gasteiger partial charge < -0.3 is 15.5 Å². The molecule has 1 rings (SSSR count). The normalized spacial score (nSPS) is 10.1. The van der Waals surface area contributed by atoms with E-state index in [1.54, 1.807) is 6.07 Å². The lowest BCUT2D eigenvalue weighted by Crippen LogP contribution is -2.25. The molecule has 0 saturated carbocycles. The summed E-state index contributed by atoms with van der Waals surface area (Å²) in [6.07, 6.45) is 0.926. The molecule has 0 spiro atoms. The smallest absolute Gasteiger partial charge is 0.220 e. The van der Waals surface area contributed by atoms with Crippen molar-refractivity contribution in [2.45, 2.75) is 12.8 Å². The molecule has 0 aliphatic rings. The number of carbonyl (C=O) groups is 1. The fraction of sp³-hybridized carbons (Fsp3) is 0.364. The van der Waals surface area contributed by atoms with Crippen LogP contribution in [0, 0.1) is 0 Å². The number of hydrogen-bond donors (Lipinski definition) is 4. The first-order valence-corrected chi connectivity index (χ1v) is 5.65. The van der Waals surface area contributed by atoms with E-state index >= 15 is 0 Å². The highest BCUT2D eigenvalue weighted by atomic mass is 32.1. The Balaban J connectivity index is 2.40. The van der Waals surface area contributed by atoms with E-state index in [4.69, 9.17) is 5.11 Å². The molecule has 0 aliphatic carbocycles. The lowest BCUT2D eigenvalue weighted by Gasteiger charge is -2.06. The topological polar surface area (TPSA) is 69.6 Å². The molecule has 0 unspecified atom stereocenters. The van der Waals surface area contributed by atoms with E-state index in [-0.39, 0.29) is 17.4 Å². The van der Waals surface area contributed by atoms with E-state index in [1.807, 2.05) is 0 Å². The van der Waals surface area contributed by atoms with Gasteiger partial charge in [0.15, 0.2) is 0 Å². The maximum absolute atomic E-state index is 11.1. The molecule has 1 amide bonds. The Kier molecular flexibility index (Phi) is 4.98. The molecule has 0 aliphatic heterocycles. The van der Waals surface area contributed by atoms with Crippen LogP contribution in [0.1, 0.15) is 12.0 Å². The molecule has 0 fully saturated rings. The van der Waals surface area contributed by atoms with Crippen LogP contribution in [0.25, 0.3) is 0 Å². The fourth-order valence-corrected chi connectivity index (χ4v) is 1.49. The summed E-state index contributed by atoms with van der Waals surface area (Å²) in [4.78, 5) is 11.1. The molecule has 0 radical (unpaired) electrons. The summed E-state index contributed by atoms with van der Waals surface area (Å²) < 4.78 is 0. The summed E-state index contributed by atoms with van der Waals surface area (Å²) in [5.41, 5.74) is 0.698. The van der Waals surface area contributed by atoms with Crippen molar-refractivity contribution in [3.63, 3.8) is 0 Å². The zero-order valence-corrected chi connectivity index (χ0v) is 9.70. The second-order valence-corrected chi connectivity index (χ2v) is 3.83. The Morgan fingerprint density at radius 3 is 2.75 bits per heavy atom. The largest absolute Gasteiger partial charge is 0.508 e. The van der Waals surface area contributed by atoms with E-state index in [1.165, 1.54) is 12.1 Å². The van der Waals surface area contributed by atoms with Gasteiger partial charge in [-0.3, -0.25) is 4.79 Å². The van der Waals surface area contributed by atoms with Gasteiger partial charge in [-0.15, -0.1) is 0 Å². The molecule has 0 saturated heterocycles. The minimum Gasteiger partial charge on any atom is -0.508 e. The first-order valence-electron chi connectivity index (χ1n) is 5.02. The predicted molar refractivity (Wildman–Crippen MR) is 65.0 cm³/mol.